The number of rotatable bonds is 7. The Morgan fingerprint density at radius 1 is 1.30 bits per heavy atom. The molecule has 9 heteroatoms. The molecule has 0 radical (unpaired) electrons. The summed E-state index contributed by atoms with van der Waals surface area (Å²) in [4.78, 5) is 15.5. The van der Waals surface area contributed by atoms with E-state index in [4.69, 9.17) is 11.6 Å². The monoisotopic (exact) mass is 428 g/mol. The van der Waals surface area contributed by atoms with E-state index in [2.05, 4.69) is 24.4 Å². The molecule has 0 saturated heterocycles. The quantitative estimate of drug-likeness (QED) is 0.351. The van der Waals surface area contributed by atoms with Gasteiger partial charge >= 0.3 is 0 Å². The van der Waals surface area contributed by atoms with E-state index in [1.54, 1.807) is 25.4 Å². The summed E-state index contributed by atoms with van der Waals surface area (Å²) in [6.45, 7) is 3.01. The third-order valence-corrected chi connectivity index (χ3v) is 6.16. The fourth-order valence-electron chi connectivity index (χ4n) is 4.34. The number of hydrogen-bond donors (Lipinski definition) is 1. The van der Waals surface area contributed by atoms with E-state index in [0.29, 0.717) is 48.0 Å². The van der Waals surface area contributed by atoms with Crippen molar-refractivity contribution < 1.29 is 5.11 Å². The molecule has 30 heavy (non-hydrogen) atoms. The largest absolute Gasteiger partial charge is 0.626 e. The van der Waals surface area contributed by atoms with Crippen LogP contribution in [-0.2, 0) is 13.1 Å². The highest BCUT2D eigenvalue weighted by molar-refractivity contribution is 6.29. The van der Waals surface area contributed by atoms with E-state index in [1.807, 2.05) is 12.1 Å². The minimum absolute atomic E-state index is 0.199. The number of aromatic nitrogens is 4. The van der Waals surface area contributed by atoms with Crippen molar-refractivity contribution in [2.45, 2.75) is 57.8 Å². The Morgan fingerprint density at radius 2 is 2.13 bits per heavy atom. The number of fused-ring (bicyclic) bond motifs is 2. The van der Waals surface area contributed by atoms with E-state index in [0.717, 1.165) is 30.5 Å². The normalized spacial score (nSPS) is 21.9. The number of imidazole rings is 1. The fourth-order valence-corrected chi connectivity index (χ4v) is 4.49. The van der Waals surface area contributed by atoms with Crippen molar-refractivity contribution in [3.8, 4) is 0 Å². The minimum Gasteiger partial charge on any atom is -0.626 e. The summed E-state index contributed by atoms with van der Waals surface area (Å²) in [5, 5.41) is 24.1. The first-order chi connectivity index (χ1) is 14.4. The molecule has 0 bridgehead atoms. The standard InChI is InChI=1S/C21H25ClN6O2/c1-14(29)3-2-10-26-17-6-7-19(22)24-21(17)25-20(26)12-28(30)13-27(15-4-5-15)16-8-9-23-11-18(16)28/h6-9,11,14-15,29H,2-5,10,12-13H2,1H3. The van der Waals surface area contributed by atoms with E-state index in [9.17, 15) is 10.3 Å². The zero-order valence-electron chi connectivity index (χ0n) is 16.9. The highest BCUT2D eigenvalue weighted by atomic mass is 35.5. The predicted octanol–water partition coefficient (Wildman–Crippen LogP) is 3.59. The number of aryl methyl sites for hydroxylation is 1. The van der Waals surface area contributed by atoms with Crippen molar-refractivity contribution in [2.24, 2.45) is 0 Å². The van der Waals surface area contributed by atoms with Gasteiger partial charge in [-0.1, -0.05) is 11.6 Å². The molecule has 3 aromatic rings. The van der Waals surface area contributed by atoms with Gasteiger partial charge in [-0.2, -0.15) is 0 Å². The van der Waals surface area contributed by atoms with Gasteiger partial charge in [-0.05, 0) is 50.8 Å². The molecule has 0 amide bonds. The topological polar surface area (TPSA) is 90.1 Å². The van der Waals surface area contributed by atoms with Crippen molar-refractivity contribution in [3.05, 3.63) is 46.8 Å². The zero-order valence-corrected chi connectivity index (χ0v) is 17.7. The molecule has 2 aliphatic rings. The summed E-state index contributed by atoms with van der Waals surface area (Å²) in [6, 6.07) is 6.03. The van der Waals surface area contributed by atoms with Crippen LogP contribution in [0.1, 0.15) is 38.4 Å². The van der Waals surface area contributed by atoms with Crippen molar-refractivity contribution in [1.82, 2.24) is 24.2 Å². The summed E-state index contributed by atoms with van der Waals surface area (Å²) in [7, 11) is 0. The Morgan fingerprint density at radius 3 is 2.90 bits per heavy atom. The Labute approximate surface area is 179 Å². The van der Waals surface area contributed by atoms with Crippen LogP contribution in [0.5, 0.6) is 0 Å². The predicted molar refractivity (Wildman–Crippen MR) is 117 cm³/mol. The first-order valence-electron chi connectivity index (χ1n) is 10.4. The van der Waals surface area contributed by atoms with Gasteiger partial charge in [0.25, 0.3) is 0 Å². The highest BCUT2D eigenvalue weighted by Gasteiger charge is 2.44. The second-order valence-electron chi connectivity index (χ2n) is 8.40. The van der Waals surface area contributed by atoms with Crippen molar-refractivity contribution in [1.29, 1.82) is 0 Å². The molecule has 2 unspecified atom stereocenters. The van der Waals surface area contributed by atoms with E-state index < -0.39 is 4.65 Å². The summed E-state index contributed by atoms with van der Waals surface area (Å²) >= 11 is 6.08. The second kappa shape index (κ2) is 7.46. The summed E-state index contributed by atoms with van der Waals surface area (Å²) in [5.41, 5.74) is 3.08. The number of hydroxylamine groups is 2. The third-order valence-electron chi connectivity index (χ3n) is 5.95. The van der Waals surface area contributed by atoms with Crippen LogP contribution >= 0.6 is 11.6 Å². The van der Waals surface area contributed by atoms with Crippen LogP contribution < -0.4 is 9.55 Å². The summed E-state index contributed by atoms with van der Waals surface area (Å²) < 4.78 is 1.54. The molecule has 1 N–H and O–H groups in total. The Hall–Kier alpha value is -2.26. The van der Waals surface area contributed by atoms with Gasteiger partial charge in [0.1, 0.15) is 17.4 Å². The van der Waals surface area contributed by atoms with Gasteiger partial charge in [0.2, 0.25) is 0 Å². The number of hydrogen-bond acceptors (Lipinski definition) is 6. The molecule has 4 heterocycles. The Balaban J connectivity index is 1.51. The first kappa shape index (κ1) is 19.7. The maximum Gasteiger partial charge on any atom is 0.179 e. The smallest absolute Gasteiger partial charge is 0.179 e. The maximum absolute atomic E-state index is 14.0. The SMILES string of the molecule is CC(O)CCCn1c(C[N+]2([O-])CN(C3CC3)c3ccncc32)nc2nc(Cl)ccc21. The Bertz CT molecular complexity index is 1080. The number of pyridine rings is 2. The lowest BCUT2D eigenvalue weighted by Crippen LogP contribution is -2.46. The number of quaternary nitrogens is 1. The van der Waals surface area contributed by atoms with Crippen LogP contribution in [0.2, 0.25) is 5.15 Å². The zero-order chi connectivity index (χ0) is 20.9. The molecule has 3 aromatic heterocycles. The molecule has 8 nitrogen and oxygen atoms in total. The maximum atomic E-state index is 14.0. The lowest BCUT2D eigenvalue weighted by molar-refractivity contribution is 0.179. The van der Waals surface area contributed by atoms with Gasteiger partial charge in [-0.15, -0.1) is 0 Å². The molecule has 1 saturated carbocycles. The molecule has 158 valence electrons. The molecule has 1 aliphatic heterocycles. The average molecular weight is 429 g/mol. The van der Waals surface area contributed by atoms with Crippen LogP contribution in [0, 0.1) is 5.21 Å². The number of nitrogens with zero attached hydrogens (tertiary/aromatic N) is 6. The molecule has 0 spiro atoms. The first-order valence-corrected chi connectivity index (χ1v) is 10.8. The summed E-state index contributed by atoms with van der Waals surface area (Å²) in [6.07, 6.45) is 6.80. The van der Waals surface area contributed by atoms with E-state index >= 15 is 0 Å². The summed E-state index contributed by atoms with van der Waals surface area (Å²) in [5.74, 6) is 0.688. The molecule has 1 fully saturated rings. The van der Waals surface area contributed by atoms with Crippen molar-refractivity contribution in [3.63, 3.8) is 0 Å². The van der Waals surface area contributed by atoms with Gasteiger partial charge in [-0.3, -0.25) is 4.98 Å². The van der Waals surface area contributed by atoms with Crippen LogP contribution in [0.3, 0.4) is 0 Å². The molecule has 5 rings (SSSR count). The molecular weight excluding hydrogens is 404 g/mol. The number of halogens is 1. The van der Waals surface area contributed by atoms with Gasteiger partial charge < -0.3 is 24.4 Å². The lowest BCUT2D eigenvalue weighted by Gasteiger charge is -2.37. The second-order valence-corrected chi connectivity index (χ2v) is 8.79. The highest BCUT2D eigenvalue weighted by Crippen LogP contribution is 2.46. The van der Waals surface area contributed by atoms with Gasteiger partial charge in [0.05, 0.1) is 17.8 Å². The average Bonchev–Trinajstić information content (AvgIpc) is 3.44. The number of aliphatic hydroxyl groups excluding tert-OH is 1. The van der Waals surface area contributed by atoms with Crippen LogP contribution in [0.4, 0.5) is 11.4 Å². The van der Waals surface area contributed by atoms with Crippen LogP contribution in [-0.4, -0.2) is 43.4 Å². The molecule has 0 aromatic carbocycles. The van der Waals surface area contributed by atoms with Crippen LogP contribution in [0.25, 0.3) is 11.2 Å². The van der Waals surface area contributed by atoms with Gasteiger partial charge in [0.15, 0.2) is 23.8 Å². The number of anilines is 1. The van der Waals surface area contributed by atoms with E-state index in [1.165, 1.54) is 0 Å². The molecule has 1 aliphatic carbocycles. The molecule has 2 atom stereocenters. The van der Waals surface area contributed by atoms with Crippen LogP contribution in [0.15, 0.2) is 30.6 Å². The van der Waals surface area contributed by atoms with Gasteiger partial charge in [0, 0.05) is 18.8 Å². The fraction of sp³-hybridized carbons (Fsp3) is 0.476. The molecular formula is C21H25ClN6O2. The van der Waals surface area contributed by atoms with Gasteiger partial charge in [-0.25, -0.2) is 9.97 Å². The van der Waals surface area contributed by atoms with Crippen molar-refractivity contribution in [2.75, 3.05) is 11.6 Å². The van der Waals surface area contributed by atoms with E-state index in [-0.39, 0.29) is 12.6 Å². The number of aliphatic hydroxyl groups is 1. The minimum atomic E-state index is -0.507. The lowest BCUT2D eigenvalue weighted by atomic mass is 10.2. The van der Waals surface area contributed by atoms with Crippen molar-refractivity contribution >= 4 is 34.1 Å². The third kappa shape index (κ3) is 3.54. The Kier molecular flexibility index (Phi) is 4.89.